The molecular formula is C31H31ClN6O5. The van der Waals surface area contributed by atoms with Gasteiger partial charge in [-0.1, -0.05) is 23.7 Å². The van der Waals surface area contributed by atoms with Crippen molar-refractivity contribution < 1.29 is 24.5 Å². The molecule has 43 heavy (non-hydrogen) atoms. The van der Waals surface area contributed by atoms with Crippen molar-refractivity contribution in [2.45, 2.75) is 39.2 Å². The fourth-order valence-electron chi connectivity index (χ4n) is 4.83. The zero-order valence-corrected chi connectivity index (χ0v) is 24.4. The molecule has 1 aromatic heterocycles. The zero-order chi connectivity index (χ0) is 30.5. The lowest BCUT2D eigenvalue weighted by Gasteiger charge is -2.15. The molecule has 1 aliphatic heterocycles. The number of phenolic OH excluding ortho intramolecular Hbond substituents is 2. The molecule has 1 unspecified atom stereocenters. The average Bonchev–Trinajstić information content (AvgIpc) is 3.30. The van der Waals surface area contributed by atoms with Crippen molar-refractivity contribution in [3.05, 3.63) is 88.5 Å². The van der Waals surface area contributed by atoms with Crippen LogP contribution in [-0.4, -0.2) is 55.7 Å². The van der Waals surface area contributed by atoms with Crippen molar-refractivity contribution in [1.29, 1.82) is 0 Å². The number of aryl methyl sites for hydroxylation is 1. The topological polar surface area (TPSA) is 151 Å². The smallest absolute Gasteiger partial charge is 0.224 e. The first-order valence-electron chi connectivity index (χ1n) is 13.8. The number of phenols is 2. The number of nitrogens with one attached hydrogen (secondary N) is 2. The van der Waals surface area contributed by atoms with Crippen molar-refractivity contribution in [2.75, 3.05) is 18.5 Å². The molecule has 0 aliphatic carbocycles. The van der Waals surface area contributed by atoms with Crippen molar-refractivity contribution in [3.63, 3.8) is 0 Å². The van der Waals surface area contributed by atoms with Crippen LogP contribution >= 0.6 is 11.6 Å². The third-order valence-electron chi connectivity index (χ3n) is 6.84. The molecule has 0 saturated carbocycles. The Morgan fingerprint density at radius 3 is 2.53 bits per heavy atom. The SMILES string of the molecule is CCNC(=O)CC1N=C(c2ccc(Cl)cc2)c2cc(OCCCC(=O)Nc3ccc(O)c(O)c3)ccc2-n2c(C)nnc21. The number of aromatic nitrogens is 3. The summed E-state index contributed by atoms with van der Waals surface area (Å²) in [6.45, 7) is 4.50. The van der Waals surface area contributed by atoms with E-state index in [4.69, 9.17) is 21.3 Å². The van der Waals surface area contributed by atoms with Crippen LogP contribution in [0, 0.1) is 6.92 Å². The Morgan fingerprint density at radius 2 is 1.79 bits per heavy atom. The van der Waals surface area contributed by atoms with Crippen molar-refractivity contribution >= 4 is 34.8 Å². The van der Waals surface area contributed by atoms with E-state index >= 15 is 0 Å². The molecule has 0 bridgehead atoms. The van der Waals surface area contributed by atoms with E-state index in [9.17, 15) is 19.8 Å². The molecule has 11 nitrogen and oxygen atoms in total. The summed E-state index contributed by atoms with van der Waals surface area (Å²) in [7, 11) is 0. The van der Waals surface area contributed by atoms with Crippen LogP contribution in [-0.2, 0) is 9.59 Å². The second kappa shape index (κ2) is 13.0. The van der Waals surface area contributed by atoms with Gasteiger partial charge in [0, 0.05) is 40.9 Å². The summed E-state index contributed by atoms with van der Waals surface area (Å²) in [5.74, 6) is 0.849. The Morgan fingerprint density at radius 1 is 1.00 bits per heavy atom. The fourth-order valence-corrected chi connectivity index (χ4v) is 4.96. The molecule has 1 atom stereocenters. The minimum Gasteiger partial charge on any atom is -0.504 e. The van der Waals surface area contributed by atoms with E-state index in [0.29, 0.717) is 46.8 Å². The van der Waals surface area contributed by atoms with E-state index in [0.717, 1.165) is 16.8 Å². The number of ether oxygens (including phenoxy) is 1. The number of fused-ring (bicyclic) bond motifs is 3. The van der Waals surface area contributed by atoms with Crippen molar-refractivity contribution in [1.82, 2.24) is 20.1 Å². The van der Waals surface area contributed by atoms with Crippen LogP contribution < -0.4 is 15.4 Å². The van der Waals surface area contributed by atoms with E-state index in [1.165, 1.54) is 18.2 Å². The molecule has 222 valence electrons. The highest BCUT2D eigenvalue weighted by Gasteiger charge is 2.30. The summed E-state index contributed by atoms with van der Waals surface area (Å²) in [5.41, 5.74) is 3.43. The molecule has 3 aromatic carbocycles. The number of amides is 2. The monoisotopic (exact) mass is 602 g/mol. The zero-order valence-electron chi connectivity index (χ0n) is 23.7. The highest BCUT2D eigenvalue weighted by atomic mass is 35.5. The quantitative estimate of drug-likeness (QED) is 0.115. The molecule has 2 amide bonds. The van der Waals surface area contributed by atoms with Gasteiger partial charge < -0.3 is 25.6 Å². The number of halogens is 1. The van der Waals surface area contributed by atoms with Gasteiger partial charge >= 0.3 is 0 Å². The Hall–Kier alpha value is -4.90. The number of benzene rings is 3. The number of nitrogens with zero attached hydrogens (tertiary/aromatic N) is 4. The molecule has 0 radical (unpaired) electrons. The van der Waals surface area contributed by atoms with Crippen LogP contribution in [0.15, 0.2) is 65.7 Å². The van der Waals surface area contributed by atoms with E-state index in [1.54, 1.807) is 12.1 Å². The normalized spacial score (nSPS) is 13.7. The van der Waals surface area contributed by atoms with Gasteiger partial charge in [0.25, 0.3) is 0 Å². The van der Waals surface area contributed by atoms with Gasteiger partial charge in [-0.3, -0.25) is 19.1 Å². The second-order valence-electron chi connectivity index (χ2n) is 9.98. The number of carbonyl (C=O) groups excluding carboxylic acids is 2. The number of hydrogen-bond donors (Lipinski definition) is 4. The van der Waals surface area contributed by atoms with Crippen molar-refractivity contribution in [2.24, 2.45) is 4.99 Å². The van der Waals surface area contributed by atoms with Crippen LogP contribution in [0.2, 0.25) is 5.02 Å². The predicted octanol–water partition coefficient (Wildman–Crippen LogP) is 4.86. The minimum absolute atomic E-state index is 0.103. The van der Waals surface area contributed by atoms with Gasteiger partial charge in [-0.2, -0.15) is 0 Å². The van der Waals surface area contributed by atoms with E-state index < -0.39 is 6.04 Å². The molecule has 5 rings (SSSR count). The first-order chi connectivity index (χ1) is 20.7. The number of anilines is 1. The number of carbonyl (C=O) groups is 2. The largest absolute Gasteiger partial charge is 0.504 e. The lowest BCUT2D eigenvalue weighted by Crippen LogP contribution is -2.25. The molecule has 0 fully saturated rings. The Kier molecular flexibility index (Phi) is 8.91. The maximum atomic E-state index is 12.7. The first kappa shape index (κ1) is 29.6. The molecular weight excluding hydrogens is 572 g/mol. The summed E-state index contributed by atoms with van der Waals surface area (Å²) in [4.78, 5) is 30.1. The van der Waals surface area contributed by atoms with Gasteiger partial charge in [-0.05, 0) is 62.7 Å². The molecule has 4 aromatic rings. The third kappa shape index (κ3) is 6.78. The van der Waals surface area contributed by atoms with Gasteiger partial charge in [0.2, 0.25) is 11.8 Å². The van der Waals surface area contributed by atoms with Gasteiger partial charge in [0.05, 0.1) is 24.4 Å². The summed E-state index contributed by atoms with van der Waals surface area (Å²) in [5, 5.41) is 33.9. The van der Waals surface area contributed by atoms with Gasteiger partial charge in [0.1, 0.15) is 17.6 Å². The Labute approximate surface area is 253 Å². The molecule has 1 aliphatic rings. The number of aromatic hydroxyl groups is 2. The average molecular weight is 603 g/mol. The molecule has 12 heteroatoms. The number of aliphatic imine (C=N–C) groups is 1. The minimum atomic E-state index is -0.579. The van der Waals surface area contributed by atoms with E-state index in [2.05, 4.69) is 20.8 Å². The lowest BCUT2D eigenvalue weighted by molar-refractivity contribution is -0.121. The van der Waals surface area contributed by atoms with Crippen LogP contribution in [0.25, 0.3) is 5.69 Å². The molecule has 0 spiro atoms. The van der Waals surface area contributed by atoms with E-state index in [1.807, 2.05) is 48.7 Å². The Bertz CT molecular complexity index is 1680. The van der Waals surface area contributed by atoms with Gasteiger partial charge in [0.15, 0.2) is 17.3 Å². The number of rotatable bonds is 10. The summed E-state index contributed by atoms with van der Waals surface area (Å²) in [6, 6.07) is 16.5. The third-order valence-corrected chi connectivity index (χ3v) is 7.10. The van der Waals surface area contributed by atoms with Gasteiger partial charge in [-0.25, -0.2) is 0 Å². The molecule has 2 heterocycles. The highest BCUT2D eigenvalue weighted by Crippen LogP contribution is 2.34. The maximum absolute atomic E-state index is 12.7. The summed E-state index contributed by atoms with van der Waals surface area (Å²) >= 11 is 6.18. The fraction of sp³-hybridized carbons (Fsp3) is 0.258. The first-order valence-corrected chi connectivity index (χ1v) is 14.2. The molecule has 0 saturated heterocycles. The summed E-state index contributed by atoms with van der Waals surface area (Å²) in [6.07, 6.45) is 0.732. The maximum Gasteiger partial charge on any atom is 0.224 e. The van der Waals surface area contributed by atoms with Crippen LogP contribution in [0.5, 0.6) is 17.2 Å². The second-order valence-corrected chi connectivity index (χ2v) is 10.4. The van der Waals surface area contributed by atoms with Crippen LogP contribution in [0.1, 0.15) is 55.0 Å². The number of hydrogen-bond acceptors (Lipinski definition) is 8. The Balaban J connectivity index is 1.39. The highest BCUT2D eigenvalue weighted by molar-refractivity contribution is 6.30. The van der Waals surface area contributed by atoms with Crippen LogP contribution in [0.4, 0.5) is 5.69 Å². The molecule has 4 N–H and O–H groups in total. The lowest BCUT2D eigenvalue weighted by atomic mass is 10.00. The predicted molar refractivity (Wildman–Crippen MR) is 162 cm³/mol. The summed E-state index contributed by atoms with van der Waals surface area (Å²) < 4.78 is 7.96. The van der Waals surface area contributed by atoms with Gasteiger partial charge in [-0.15, -0.1) is 10.2 Å². The van der Waals surface area contributed by atoms with Crippen LogP contribution in [0.3, 0.4) is 0 Å². The van der Waals surface area contributed by atoms with Crippen molar-refractivity contribution in [3.8, 4) is 22.9 Å². The van der Waals surface area contributed by atoms with E-state index in [-0.39, 0.29) is 42.8 Å². The standard InChI is InChI=1S/C31H31ClN6O5/c1-3-33-29(42)17-24-31-37-36-18(2)38(31)25-12-11-22(16-23(25)30(35-24)19-6-8-20(32)9-7-19)43-14-4-5-28(41)34-21-10-13-26(39)27(40)15-21/h6-13,15-16,24,39-40H,3-5,14,17H2,1-2H3,(H,33,42)(H,34,41).